The van der Waals surface area contributed by atoms with Crippen molar-refractivity contribution in [1.82, 2.24) is 19.5 Å². The molecule has 0 aliphatic carbocycles. The highest BCUT2D eigenvalue weighted by atomic mass is 19.1. The fraction of sp³-hybridized carbons (Fsp3) is 0.450. The Morgan fingerprint density at radius 1 is 1.21 bits per heavy atom. The normalized spacial score (nSPS) is 13.0. The van der Waals surface area contributed by atoms with Crippen molar-refractivity contribution in [2.75, 3.05) is 19.1 Å². The molecule has 0 atom stereocenters. The highest BCUT2D eigenvalue weighted by molar-refractivity contribution is 5.82. The van der Waals surface area contributed by atoms with Gasteiger partial charge >= 0.3 is 6.08 Å². The van der Waals surface area contributed by atoms with Crippen LogP contribution >= 0.6 is 0 Å². The number of nitrogens with two attached hydrogens (primary N) is 2. The van der Waals surface area contributed by atoms with Gasteiger partial charge in [-0.25, -0.2) is 4.98 Å². The van der Waals surface area contributed by atoms with Gasteiger partial charge in [0.1, 0.15) is 5.82 Å². The number of rotatable bonds is 7. The van der Waals surface area contributed by atoms with Crippen molar-refractivity contribution in [1.29, 1.82) is 0 Å². The third kappa shape index (κ3) is 3.95. The number of hydrogen-bond donors (Lipinski definition) is 2. The number of halogens is 1. The van der Waals surface area contributed by atoms with E-state index in [4.69, 9.17) is 15.2 Å². The van der Waals surface area contributed by atoms with E-state index in [0.717, 1.165) is 41.4 Å². The molecule has 8 nitrogen and oxygen atoms in total. The summed E-state index contributed by atoms with van der Waals surface area (Å²) in [5, 5.41) is 2.27. The van der Waals surface area contributed by atoms with Gasteiger partial charge in [-0.1, -0.05) is 0 Å². The summed E-state index contributed by atoms with van der Waals surface area (Å²) in [5.74, 6) is 2.31. The van der Waals surface area contributed by atoms with Crippen LogP contribution in [0.3, 0.4) is 0 Å². The first-order chi connectivity index (χ1) is 13.9. The SMILES string of the molecule is Cc1cc2c(cc1Cc1nc3c(N)nc(F)nc3n1CCC[NH2+]C(C)C)OCO2. The Morgan fingerprint density at radius 2 is 1.97 bits per heavy atom. The Labute approximate surface area is 168 Å². The average molecular weight is 401 g/mol. The molecule has 1 aromatic carbocycles. The van der Waals surface area contributed by atoms with E-state index < -0.39 is 6.08 Å². The minimum atomic E-state index is -0.837. The van der Waals surface area contributed by atoms with Gasteiger partial charge in [-0.2, -0.15) is 14.4 Å². The highest BCUT2D eigenvalue weighted by Gasteiger charge is 2.20. The van der Waals surface area contributed by atoms with Crippen molar-refractivity contribution in [2.45, 2.75) is 46.2 Å². The topological polar surface area (TPSA) is 105 Å². The summed E-state index contributed by atoms with van der Waals surface area (Å²) < 4.78 is 26.8. The van der Waals surface area contributed by atoms with Crippen LogP contribution in [0.2, 0.25) is 0 Å². The molecule has 1 aliphatic rings. The number of ether oxygens (including phenoxy) is 2. The van der Waals surface area contributed by atoms with Crippen LogP contribution in [0.25, 0.3) is 11.2 Å². The summed E-state index contributed by atoms with van der Waals surface area (Å²) in [6.07, 6.45) is 0.617. The molecule has 9 heteroatoms. The van der Waals surface area contributed by atoms with Gasteiger partial charge in [0.25, 0.3) is 0 Å². The Balaban J connectivity index is 1.69. The van der Waals surface area contributed by atoms with Crippen molar-refractivity contribution < 1.29 is 19.2 Å². The molecule has 0 radical (unpaired) electrons. The molecule has 154 valence electrons. The number of benzene rings is 1. The molecule has 0 saturated carbocycles. The van der Waals surface area contributed by atoms with Crippen LogP contribution in [-0.2, 0) is 13.0 Å². The summed E-state index contributed by atoms with van der Waals surface area (Å²) in [6, 6.07) is 4.47. The van der Waals surface area contributed by atoms with Gasteiger partial charge < -0.3 is 25.1 Å². The van der Waals surface area contributed by atoms with Crippen molar-refractivity contribution in [3.8, 4) is 11.5 Å². The van der Waals surface area contributed by atoms with Gasteiger partial charge in [0.15, 0.2) is 28.5 Å². The fourth-order valence-corrected chi connectivity index (χ4v) is 3.56. The zero-order chi connectivity index (χ0) is 20.5. The molecule has 1 aliphatic heterocycles. The Bertz CT molecular complexity index is 1050. The molecule has 0 unspecified atom stereocenters. The number of quaternary nitrogens is 1. The fourth-order valence-electron chi connectivity index (χ4n) is 3.56. The second kappa shape index (κ2) is 7.82. The second-order valence-electron chi connectivity index (χ2n) is 7.66. The van der Waals surface area contributed by atoms with Gasteiger partial charge in [0.05, 0.1) is 12.6 Å². The monoisotopic (exact) mass is 401 g/mol. The highest BCUT2D eigenvalue weighted by Crippen LogP contribution is 2.35. The maximum atomic E-state index is 13.8. The molecule has 0 fully saturated rings. The van der Waals surface area contributed by atoms with E-state index in [0.29, 0.717) is 30.2 Å². The third-order valence-corrected chi connectivity index (χ3v) is 5.08. The number of aryl methyl sites for hydroxylation is 2. The minimum Gasteiger partial charge on any atom is -0.454 e. The predicted molar refractivity (Wildman–Crippen MR) is 106 cm³/mol. The van der Waals surface area contributed by atoms with Crippen LogP contribution in [0.1, 0.15) is 37.2 Å². The molecule has 0 bridgehead atoms. The van der Waals surface area contributed by atoms with E-state index in [9.17, 15) is 4.39 Å². The van der Waals surface area contributed by atoms with Gasteiger partial charge in [0, 0.05) is 19.4 Å². The Morgan fingerprint density at radius 3 is 2.72 bits per heavy atom. The first kappa shape index (κ1) is 19.4. The number of nitrogen functional groups attached to an aromatic ring is 1. The Kier molecular flexibility index (Phi) is 5.23. The van der Waals surface area contributed by atoms with E-state index in [1.165, 1.54) is 0 Å². The summed E-state index contributed by atoms with van der Waals surface area (Å²) >= 11 is 0. The van der Waals surface area contributed by atoms with Crippen LogP contribution < -0.4 is 20.5 Å². The molecule has 2 aromatic heterocycles. The van der Waals surface area contributed by atoms with Gasteiger partial charge in [-0.05, 0) is 44.0 Å². The predicted octanol–water partition coefficient (Wildman–Crippen LogP) is 1.54. The largest absolute Gasteiger partial charge is 0.454 e. The third-order valence-electron chi connectivity index (χ3n) is 5.08. The molecule has 0 amide bonds. The summed E-state index contributed by atoms with van der Waals surface area (Å²) in [6.45, 7) is 8.20. The number of hydrogen-bond acceptors (Lipinski definition) is 6. The average Bonchev–Trinajstić information content (AvgIpc) is 3.23. The maximum Gasteiger partial charge on any atom is 0.312 e. The number of nitrogens with zero attached hydrogens (tertiary/aromatic N) is 4. The van der Waals surface area contributed by atoms with E-state index >= 15 is 0 Å². The lowest BCUT2D eigenvalue weighted by atomic mass is 10.0. The number of anilines is 1. The van der Waals surface area contributed by atoms with Gasteiger partial charge in [-0.15, -0.1) is 0 Å². The lowest BCUT2D eigenvalue weighted by molar-refractivity contribution is -0.683. The van der Waals surface area contributed by atoms with Crippen molar-refractivity contribution >= 4 is 17.0 Å². The second-order valence-corrected chi connectivity index (χ2v) is 7.66. The molecule has 0 saturated heterocycles. The van der Waals surface area contributed by atoms with Crippen LogP contribution in [0.4, 0.5) is 10.2 Å². The zero-order valence-corrected chi connectivity index (χ0v) is 16.9. The molecule has 3 aromatic rings. The molecule has 0 spiro atoms. The lowest BCUT2D eigenvalue weighted by Gasteiger charge is -2.11. The number of aromatic nitrogens is 4. The van der Waals surface area contributed by atoms with E-state index in [2.05, 4.69) is 34.1 Å². The minimum absolute atomic E-state index is 0.0589. The standard InChI is InChI=1S/C20H25FN6O2/c1-11(2)23-5-4-6-27-16(24-17-18(22)25-20(21)26-19(17)27)9-13-8-15-14(7-12(13)3)28-10-29-15/h7-8,11,23H,4-6,9-10H2,1-3H3,(H2,22,25,26)/p+1. The van der Waals surface area contributed by atoms with Gasteiger partial charge in [0.2, 0.25) is 6.79 Å². The van der Waals surface area contributed by atoms with Gasteiger partial charge in [-0.3, -0.25) is 0 Å². The van der Waals surface area contributed by atoms with Crippen molar-refractivity contribution in [3.63, 3.8) is 0 Å². The van der Waals surface area contributed by atoms with Crippen molar-refractivity contribution in [2.24, 2.45) is 0 Å². The quantitative estimate of drug-likeness (QED) is 0.460. The first-order valence-corrected chi connectivity index (χ1v) is 9.83. The summed E-state index contributed by atoms with van der Waals surface area (Å²) in [4.78, 5) is 12.3. The van der Waals surface area contributed by atoms with Crippen LogP contribution in [0.15, 0.2) is 12.1 Å². The van der Waals surface area contributed by atoms with Crippen LogP contribution in [0.5, 0.6) is 11.5 Å². The van der Waals surface area contributed by atoms with Crippen LogP contribution in [0, 0.1) is 13.0 Å². The molecule has 3 heterocycles. The maximum absolute atomic E-state index is 13.8. The van der Waals surface area contributed by atoms with E-state index in [1.807, 2.05) is 23.6 Å². The molecule has 4 N–H and O–H groups in total. The summed E-state index contributed by atoms with van der Waals surface area (Å²) in [5.41, 5.74) is 8.93. The molecular weight excluding hydrogens is 375 g/mol. The number of imidazole rings is 1. The van der Waals surface area contributed by atoms with E-state index in [1.54, 1.807) is 0 Å². The number of fused-ring (bicyclic) bond motifs is 2. The molecule has 29 heavy (non-hydrogen) atoms. The van der Waals surface area contributed by atoms with E-state index in [-0.39, 0.29) is 12.6 Å². The molecule has 4 rings (SSSR count). The molecular formula is C20H26FN6O2+. The zero-order valence-electron chi connectivity index (χ0n) is 16.9. The van der Waals surface area contributed by atoms with Crippen molar-refractivity contribution in [3.05, 3.63) is 35.2 Å². The smallest absolute Gasteiger partial charge is 0.312 e. The Hall–Kier alpha value is -2.94. The lowest BCUT2D eigenvalue weighted by Crippen LogP contribution is -2.88. The van der Waals surface area contributed by atoms with Crippen LogP contribution in [-0.4, -0.2) is 38.9 Å². The first-order valence-electron chi connectivity index (χ1n) is 9.83. The summed E-state index contributed by atoms with van der Waals surface area (Å²) in [7, 11) is 0.